The second-order valence-corrected chi connectivity index (χ2v) is 9.25. The van der Waals surface area contributed by atoms with E-state index in [2.05, 4.69) is 47.0 Å². The van der Waals surface area contributed by atoms with Gasteiger partial charge in [0.25, 0.3) is 0 Å². The first-order chi connectivity index (χ1) is 16.8. The highest BCUT2D eigenvalue weighted by molar-refractivity contribution is 7.46. The second kappa shape index (κ2) is 22.2. The van der Waals surface area contributed by atoms with Gasteiger partial charge in [0.1, 0.15) is 6.61 Å². The van der Waals surface area contributed by atoms with Gasteiger partial charge in [-0.3, -0.25) is 9.32 Å². The van der Waals surface area contributed by atoms with E-state index in [0.717, 1.165) is 19.3 Å². The molecule has 0 unspecified atom stereocenters. The van der Waals surface area contributed by atoms with Crippen LogP contribution in [0.2, 0.25) is 0 Å². The first kappa shape index (κ1) is 32.7. The van der Waals surface area contributed by atoms with Crippen LogP contribution in [-0.2, 0) is 28.2 Å². The average Bonchev–Trinajstić information content (AvgIpc) is 2.80. The summed E-state index contributed by atoms with van der Waals surface area (Å²) >= 11 is 0. The normalized spacial score (nSPS) is 11.1. The molecule has 35 heavy (non-hydrogen) atoms. The number of rotatable bonds is 19. The summed E-state index contributed by atoms with van der Waals surface area (Å²) in [5.74, 6) is 12.6. The van der Waals surface area contributed by atoms with Gasteiger partial charge in [0.15, 0.2) is 6.10 Å². The van der Waals surface area contributed by atoms with Crippen LogP contribution in [0.3, 0.4) is 0 Å². The Labute approximate surface area is 210 Å². The van der Waals surface area contributed by atoms with Crippen LogP contribution in [0.5, 0.6) is 0 Å². The maximum Gasteiger partial charge on any atom is 0.469 e. The Hall–Kier alpha value is -2.27. The van der Waals surface area contributed by atoms with Gasteiger partial charge in [0.2, 0.25) is 0 Å². The highest BCUT2D eigenvalue weighted by atomic mass is 31.2. The van der Waals surface area contributed by atoms with E-state index < -0.39 is 39.1 Å². The van der Waals surface area contributed by atoms with Crippen LogP contribution < -0.4 is 0 Å². The van der Waals surface area contributed by atoms with Crippen LogP contribution in [0.15, 0.2) is 0 Å². The van der Waals surface area contributed by atoms with Gasteiger partial charge >= 0.3 is 19.8 Å². The third-order valence-electron chi connectivity index (χ3n) is 4.84. The lowest BCUT2D eigenvalue weighted by atomic mass is 10.0. The summed E-state index contributed by atoms with van der Waals surface area (Å²) in [7, 11) is -4.78. The zero-order chi connectivity index (χ0) is 26.2. The van der Waals surface area contributed by atoms with Crippen LogP contribution in [0.25, 0.3) is 0 Å². The topological polar surface area (TPSA) is 119 Å². The first-order valence-corrected chi connectivity index (χ1v) is 13.8. The molecule has 8 nitrogen and oxygen atoms in total. The average molecular weight is 511 g/mol. The van der Waals surface area contributed by atoms with Gasteiger partial charge in [-0.05, 0) is 37.0 Å². The number of phosphoric acid groups is 1. The van der Waals surface area contributed by atoms with Crippen molar-refractivity contribution in [2.45, 2.75) is 103 Å². The summed E-state index contributed by atoms with van der Waals surface area (Å²) in [6.45, 7) is 2.74. The minimum atomic E-state index is -4.78. The van der Waals surface area contributed by atoms with Gasteiger partial charge in [-0.1, -0.05) is 83.5 Å². The molecule has 0 aromatic rings. The van der Waals surface area contributed by atoms with Crippen LogP contribution in [0, 0.1) is 35.5 Å². The predicted octanol–water partition coefficient (Wildman–Crippen LogP) is 4.67. The maximum absolute atomic E-state index is 12.1. The lowest BCUT2D eigenvalue weighted by Gasteiger charge is -2.17. The molecule has 0 aliphatic rings. The highest BCUT2D eigenvalue weighted by Crippen LogP contribution is 2.35. The number of ether oxygens (including phenoxy) is 2. The molecule has 0 saturated carbocycles. The van der Waals surface area contributed by atoms with Crippen LogP contribution in [0.4, 0.5) is 0 Å². The van der Waals surface area contributed by atoms with Gasteiger partial charge in [-0.2, -0.15) is 0 Å². The summed E-state index contributed by atoms with van der Waals surface area (Å²) < 4.78 is 25.4. The minimum Gasteiger partial charge on any atom is -0.456 e. The molecule has 0 heterocycles. The van der Waals surface area contributed by atoms with Crippen molar-refractivity contribution in [2.75, 3.05) is 13.2 Å². The molecule has 0 aromatic heterocycles. The Morgan fingerprint density at radius 3 is 1.89 bits per heavy atom. The van der Waals surface area contributed by atoms with Crippen LogP contribution in [0.1, 0.15) is 97.3 Å². The van der Waals surface area contributed by atoms with Crippen molar-refractivity contribution in [3.63, 3.8) is 0 Å². The second-order valence-electron chi connectivity index (χ2n) is 8.01. The number of phosphoric ester groups is 1. The zero-order valence-electron chi connectivity index (χ0n) is 21.0. The number of esters is 2. The largest absolute Gasteiger partial charge is 0.469 e. The fourth-order valence-corrected chi connectivity index (χ4v) is 3.42. The first-order valence-electron chi connectivity index (χ1n) is 12.3. The van der Waals surface area contributed by atoms with Gasteiger partial charge < -0.3 is 19.3 Å². The molecular formula is C26H39O8P. The Bertz CT molecular complexity index is 829. The van der Waals surface area contributed by atoms with E-state index in [1.54, 1.807) is 6.92 Å². The lowest BCUT2D eigenvalue weighted by Crippen LogP contribution is -2.29. The Morgan fingerprint density at radius 2 is 1.34 bits per heavy atom. The van der Waals surface area contributed by atoms with Crippen LogP contribution >= 0.6 is 7.82 Å². The molecule has 0 fully saturated rings. The van der Waals surface area contributed by atoms with Crippen molar-refractivity contribution >= 4 is 19.8 Å². The number of hydrogen-bond acceptors (Lipinski definition) is 6. The molecule has 0 aliphatic heterocycles. The van der Waals surface area contributed by atoms with Crippen molar-refractivity contribution in [1.29, 1.82) is 0 Å². The summed E-state index contributed by atoms with van der Waals surface area (Å²) in [5.41, 5.74) is 0. The van der Waals surface area contributed by atoms with Crippen molar-refractivity contribution in [3.8, 4) is 35.5 Å². The summed E-state index contributed by atoms with van der Waals surface area (Å²) in [6.07, 6.45) is 13.0. The molecule has 0 saturated heterocycles. The predicted molar refractivity (Wildman–Crippen MR) is 134 cm³/mol. The monoisotopic (exact) mass is 510 g/mol. The molecule has 196 valence electrons. The minimum absolute atomic E-state index is 0.158. The van der Waals surface area contributed by atoms with E-state index >= 15 is 0 Å². The third kappa shape index (κ3) is 24.7. The molecule has 0 amide bonds. The molecule has 0 spiro atoms. The number of hydrogen-bond donors (Lipinski definition) is 2. The summed E-state index contributed by atoms with van der Waals surface area (Å²) in [5, 5.41) is 0. The standard InChI is InChI=1S/C26H39O8P/c1-3-5-7-9-10-11-12-13-14-15-17-19-21-26(28)34-24(23-33-35(29,30)31)22-32-25(27)20-18-16-8-6-4-2/h24H,3,5,7,9-15,17,19,21-23H2,1-2H3,(H2,29,30,31)/t24-/m1/s1. The fourth-order valence-electron chi connectivity index (χ4n) is 3.06. The molecule has 2 N–H and O–H groups in total. The summed E-state index contributed by atoms with van der Waals surface area (Å²) in [4.78, 5) is 41.5. The Kier molecular flexibility index (Phi) is 20.8. The highest BCUT2D eigenvalue weighted by Gasteiger charge is 2.22. The van der Waals surface area contributed by atoms with E-state index in [-0.39, 0.29) is 6.42 Å². The molecule has 0 aliphatic carbocycles. The van der Waals surface area contributed by atoms with E-state index in [1.807, 2.05) is 0 Å². The molecule has 9 heteroatoms. The van der Waals surface area contributed by atoms with Gasteiger partial charge in [0, 0.05) is 12.3 Å². The lowest BCUT2D eigenvalue weighted by molar-refractivity contribution is -0.158. The van der Waals surface area contributed by atoms with Gasteiger partial charge in [0.05, 0.1) is 6.61 Å². The molecule has 0 bridgehead atoms. The van der Waals surface area contributed by atoms with Gasteiger partial charge in [-0.15, -0.1) is 0 Å². The van der Waals surface area contributed by atoms with Crippen molar-refractivity contribution in [3.05, 3.63) is 0 Å². The van der Waals surface area contributed by atoms with E-state index in [1.165, 1.54) is 51.4 Å². The van der Waals surface area contributed by atoms with Crippen molar-refractivity contribution in [1.82, 2.24) is 0 Å². The summed E-state index contributed by atoms with van der Waals surface area (Å²) in [6, 6.07) is 0. The number of unbranched alkanes of at least 4 members (excludes halogenated alkanes) is 11. The van der Waals surface area contributed by atoms with E-state index in [9.17, 15) is 14.2 Å². The fraction of sp³-hybridized carbons (Fsp3) is 0.692. The van der Waals surface area contributed by atoms with E-state index in [0.29, 0.717) is 6.42 Å². The number of carbonyl (C=O) groups is 2. The third-order valence-corrected chi connectivity index (χ3v) is 5.32. The van der Waals surface area contributed by atoms with Crippen molar-refractivity contribution < 1.29 is 37.9 Å². The molecular weight excluding hydrogens is 471 g/mol. The molecule has 0 rings (SSSR count). The smallest absolute Gasteiger partial charge is 0.456 e. The van der Waals surface area contributed by atoms with Gasteiger partial charge in [-0.25, -0.2) is 9.36 Å². The van der Waals surface area contributed by atoms with Crippen LogP contribution in [-0.4, -0.2) is 41.0 Å². The Balaban J connectivity index is 4.20. The molecule has 0 radical (unpaired) electrons. The molecule has 1 atom stereocenters. The van der Waals surface area contributed by atoms with E-state index in [4.69, 9.17) is 19.3 Å². The quantitative estimate of drug-likeness (QED) is 0.0846. The maximum atomic E-state index is 12.1. The Morgan fingerprint density at radius 1 is 0.800 bits per heavy atom. The SMILES string of the molecule is CC#CC#CC#CC(=O)OC[C@H](COP(=O)(O)O)OC(=O)CCCCCCCCCCCCCC. The zero-order valence-corrected chi connectivity index (χ0v) is 21.9. The number of carbonyl (C=O) groups excluding carboxylic acids is 2. The molecule has 0 aromatic carbocycles. The van der Waals surface area contributed by atoms with Crippen molar-refractivity contribution in [2.24, 2.45) is 0 Å².